The summed E-state index contributed by atoms with van der Waals surface area (Å²) >= 11 is 0.597. The summed E-state index contributed by atoms with van der Waals surface area (Å²) in [6.45, 7) is 2.99. The van der Waals surface area contributed by atoms with Gasteiger partial charge in [0.2, 0.25) is 0 Å². The van der Waals surface area contributed by atoms with E-state index < -0.39 is 5.76 Å². The second-order valence-electron chi connectivity index (χ2n) is 5.28. The van der Waals surface area contributed by atoms with Crippen molar-refractivity contribution in [2.24, 2.45) is 5.92 Å². The number of hydrogen-bond donors (Lipinski definition) is 1. The van der Waals surface area contributed by atoms with Crippen LogP contribution in [0.25, 0.3) is 0 Å². The maximum atomic E-state index is 12.1. The van der Waals surface area contributed by atoms with Crippen molar-refractivity contribution in [1.82, 2.24) is 5.32 Å². The van der Waals surface area contributed by atoms with E-state index in [1.54, 1.807) is 6.07 Å². The van der Waals surface area contributed by atoms with Crippen LogP contribution in [0.5, 0.6) is 0 Å². The van der Waals surface area contributed by atoms with Gasteiger partial charge in [-0.25, -0.2) is 0 Å². The van der Waals surface area contributed by atoms with Crippen molar-refractivity contribution in [2.75, 3.05) is 0 Å². The Kier molecular flexibility index (Phi) is 5.70. The third kappa shape index (κ3) is 5.15. The molecule has 1 aromatic rings. The predicted molar refractivity (Wildman–Crippen MR) is 74.3 cm³/mol. The first-order chi connectivity index (χ1) is 9.13. The van der Waals surface area contributed by atoms with Crippen LogP contribution >= 0.6 is 11.8 Å². The van der Waals surface area contributed by atoms with Gasteiger partial charge in [0.05, 0.1) is 12.3 Å². The summed E-state index contributed by atoms with van der Waals surface area (Å²) in [5, 5.41) is 3.49. The van der Waals surface area contributed by atoms with Crippen molar-refractivity contribution in [3.05, 3.63) is 23.7 Å². The van der Waals surface area contributed by atoms with Crippen molar-refractivity contribution < 1.29 is 13.2 Å². The minimum absolute atomic E-state index is 0.235. The molecule has 0 aromatic carbocycles. The third-order valence-electron chi connectivity index (χ3n) is 3.65. The van der Waals surface area contributed by atoms with E-state index in [-0.39, 0.29) is 5.75 Å². The van der Waals surface area contributed by atoms with Crippen LogP contribution in [-0.4, -0.2) is 11.8 Å². The standard InChI is InChI=1S/C14H21F2NOS/c1-10-2-4-11(5-3-10)17-8-12-6-7-13(18-12)9-19-14(15)16/h6-7,10-11,14,17H,2-5,8-9H2,1H3. The van der Waals surface area contributed by atoms with Crippen LogP contribution in [0.3, 0.4) is 0 Å². The molecule has 1 saturated carbocycles. The Morgan fingerprint density at radius 2 is 1.95 bits per heavy atom. The van der Waals surface area contributed by atoms with Crippen LogP contribution in [0.15, 0.2) is 16.5 Å². The molecular formula is C14H21F2NOS. The van der Waals surface area contributed by atoms with Crippen LogP contribution in [0.2, 0.25) is 0 Å². The molecule has 19 heavy (non-hydrogen) atoms. The number of furan rings is 1. The first kappa shape index (κ1) is 14.9. The largest absolute Gasteiger partial charge is 0.464 e. The number of thioether (sulfide) groups is 1. The molecule has 0 spiro atoms. The molecule has 5 heteroatoms. The Balaban J connectivity index is 1.71. The van der Waals surface area contributed by atoms with Gasteiger partial charge in [-0.05, 0) is 43.7 Å². The maximum absolute atomic E-state index is 12.1. The zero-order chi connectivity index (χ0) is 13.7. The highest BCUT2D eigenvalue weighted by Crippen LogP contribution is 2.24. The smallest absolute Gasteiger partial charge is 0.284 e. The Bertz CT molecular complexity index is 375. The van der Waals surface area contributed by atoms with E-state index in [0.29, 0.717) is 30.1 Å². The molecule has 0 bridgehead atoms. The van der Waals surface area contributed by atoms with Gasteiger partial charge in [-0.3, -0.25) is 0 Å². The summed E-state index contributed by atoms with van der Waals surface area (Å²) in [6.07, 6.45) is 5.00. The highest BCUT2D eigenvalue weighted by Gasteiger charge is 2.17. The lowest BCUT2D eigenvalue weighted by Crippen LogP contribution is -2.32. The normalized spacial score (nSPS) is 24.0. The number of rotatable bonds is 6. The number of hydrogen-bond acceptors (Lipinski definition) is 3. The van der Waals surface area contributed by atoms with Crippen molar-refractivity contribution in [3.63, 3.8) is 0 Å². The van der Waals surface area contributed by atoms with Crippen molar-refractivity contribution in [1.29, 1.82) is 0 Å². The van der Waals surface area contributed by atoms with Crippen LogP contribution in [-0.2, 0) is 12.3 Å². The second-order valence-corrected chi connectivity index (χ2v) is 6.26. The fourth-order valence-corrected chi connectivity index (χ4v) is 2.89. The maximum Gasteiger partial charge on any atom is 0.284 e. The van der Waals surface area contributed by atoms with E-state index in [0.717, 1.165) is 11.7 Å². The fraction of sp³-hybridized carbons (Fsp3) is 0.714. The van der Waals surface area contributed by atoms with E-state index in [2.05, 4.69) is 12.2 Å². The summed E-state index contributed by atoms with van der Waals surface area (Å²) < 4.78 is 29.6. The van der Waals surface area contributed by atoms with Crippen LogP contribution in [0.1, 0.15) is 44.1 Å². The summed E-state index contributed by atoms with van der Waals surface area (Å²) in [6, 6.07) is 4.23. The first-order valence-electron chi connectivity index (χ1n) is 6.84. The van der Waals surface area contributed by atoms with E-state index in [1.165, 1.54) is 25.7 Å². The highest BCUT2D eigenvalue weighted by molar-refractivity contribution is 7.98. The third-order valence-corrected chi connectivity index (χ3v) is 4.35. The number of nitrogens with one attached hydrogen (secondary N) is 1. The molecule has 1 aliphatic carbocycles. The van der Waals surface area contributed by atoms with Crippen molar-refractivity contribution in [2.45, 2.75) is 56.7 Å². The fourth-order valence-electron chi connectivity index (χ4n) is 2.45. The molecule has 1 fully saturated rings. The molecule has 1 aromatic heterocycles. The topological polar surface area (TPSA) is 25.2 Å². The molecule has 0 atom stereocenters. The van der Waals surface area contributed by atoms with Crippen LogP contribution in [0, 0.1) is 5.92 Å². The molecule has 0 aliphatic heterocycles. The Morgan fingerprint density at radius 3 is 2.63 bits per heavy atom. The zero-order valence-electron chi connectivity index (χ0n) is 11.2. The van der Waals surface area contributed by atoms with Gasteiger partial charge in [0.15, 0.2) is 0 Å². The first-order valence-corrected chi connectivity index (χ1v) is 7.89. The lowest BCUT2D eigenvalue weighted by Gasteiger charge is -2.26. The summed E-state index contributed by atoms with van der Waals surface area (Å²) in [5.74, 6) is 0.205. The summed E-state index contributed by atoms with van der Waals surface area (Å²) in [4.78, 5) is 0. The summed E-state index contributed by atoms with van der Waals surface area (Å²) in [7, 11) is 0. The van der Waals surface area contributed by atoms with E-state index in [4.69, 9.17) is 4.42 Å². The van der Waals surface area contributed by atoms with E-state index in [1.807, 2.05) is 6.07 Å². The molecule has 1 N–H and O–H groups in total. The second kappa shape index (κ2) is 7.29. The molecule has 0 radical (unpaired) electrons. The van der Waals surface area contributed by atoms with Crippen LogP contribution < -0.4 is 5.32 Å². The number of alkyl halides is 2. The van der Waals surface area contributed by atoms with Gasteiger partial charge in [0.25, 0.3) is 5.76 Å². The van der Waals surface area contributed by atoms with Gasteiger partial charge in [-0.15, -0.1) is 0 Å². The zero-order valence-corrected chi connectivity index (χ0v) is 12.0. The molecule has 108 valence electrons. The van der Waals surface area contributed by atoms with Gasteiger partial charge in [-0.2, -0.15) is 8.78 Å². The van der Waals surface area contributed by atoms with Crippen LogP contribution in [0.4, 0.5) is 8.78 Å². The molecule has 2 nitrogen and oxygen atoms in total. The lowest BCUT2D eigenvalue weighted by molar-refractivity contribution is 0.251. The average Bonchev–Trinajstić information content (AvgIpc) is 2.84. The molecule has 0 amide bonds. The minimum Gasteiger partial charge on any atom is -0.464 e. The molecule has 0 saturated heterocycles. The molecular weight excluding hydrogens is 268 g/mol. The molecule has 0 unspecified atom stereocenters. The summed E-state index contributed by atoms with van der Waals surface area (Å²) in [5.41, 5.74) is 0. The van der Waals surface area contributed by atoms with Crippen molar-refractivity contribution >= 4 is 11.8 Å². The predicted octanol–water partition coefficient (Wildman–Crippen LogP) is 4.40. The Morgan fingerprint density at radius 1 is 1.26 bits per heavy atom. The monoisotopic (exact) mass is 289 g/mol. The van der Waals surface area contributed by atoms with Crippen molar-refractivity contribution in [3.8, 4) is 0 Å². The average molecular weight is 289 g/mol. The Hall–Kier alpha value is -0.550. The molecule has 1 heterocycles. The minimum atomic E-state index is -2.34. The lowest BCUT2D eigenvalue weighted by atomic mass is 9.87. The number of halogens is 2. The molecule has 2 rings (SSSR count). The van der Waals surface area contributed by atoms with Gasteiger partial charge >= 0.3 is 0 Å². The quantitative estimate of drug-likeness (QED) is 0.840. The highest BCUT2D eigenvalue weighted by atomic mass is 32.2. The van der Waals surface area contributed by atoms with Gasteiger partial charge < -0.3 is 9.73 Å². The molecule has 1 aliphatic rings. The van der Waals surface area contributed by atoms with Gasteiger partial charge in [0, 0.05) is 6.04 Å². The SMILES string of the molecule is CC1CCC(NCc2ccc(CSC(F)F)o2)CC1. The van der Waals surface area contributed by atoms with E-state index >= 15 is 0 Å². The van der Waals surface area contributed by atoms with E-state index in [9.17, 15) is 8.78 Å². The van der Waals surface area contributed by atoms with Gasteiger partial charge in [0.1, 0.15) is 11.5 Å². The Labute approximate surface area is 117 Å². The van der Waals surface area contributed by atoms with Gasteiger partial charge in [-0.1, -0.05) is 18.7 Å².